The molecule has 2 aromatic rings. The monoisotopic (exact) mass is 404 g/mol. The summed E-state index contributed by atoms with van der Waals surface area (Å²) in [6, 6.07) is 12.1. The van der Waals surface area contributed by atoms with Crippen LogP contribution in [-0.2, 0) is 19.1 Å². The van der Waals surface area contributed by atoms with Gasteiger partial charge in [-0.25, -0.2) is 4.79 Å². The van der Waals surface area contributed by atoms with Crippen LogP contribution in [0.5, 0.6) is 5.75 Å². The molecule has 0 bridgehead atoms. The van der Waals surface area contributed by atoms with Gasteiger partial charge < -0.3 is 20.1 Å². The van der Waals surface area contributed by atoms with Gasteiger partial charge in [-0.05, 0) is 49.2 Å². The summed E-state index contributed by atoms with van der Waals surface area (Å²) in [4.78, 5) is 35.3. The minimum absolute atomic E-state index is 0.233. The van der Waals surface area contributed by atoms with Crippen molar-refractivity contribution in [3.8, 4) is 5.75 Å². The summed E-state index contributed by atoms with van der Waals surface area (Å²) in [5.41, 5.74) is 2.69. The van der Waals surface area contributed by atoms with Crippen LogP contribution in [0.25, 0.3) is 0 Å². The molecule has 148 valence electrons. The SMILES string of the molecule is Cc1cccc(NC(=O)CNC(=O)COC(=O)COc2cccc(Cl)c2)c1C. The van der Waals surface area contributed by atoms with E-state index in [1.165, 1.54) is 0 Å². The minimum atomic E-state index is -0.713. The van der Waals surface area contributed by atoms with Crippen molar-refractivity contribution in [3.63, 3.8) is 0 Å². The van der Waals surface area contributed by atoms with Crippen LogP contribution >= 0.6 is 11.6 Å². The molecule has 0 unspecified atom stereocenters. The average Bonchev–Trinajstić information content (AvgIpc) is 2.67. The topological polar surface area (TPSA) is 93.7 Å². The number of rotatable bonds is 8. The Morgan fingerprint density at radius 1 is 1.00 bits per heavy atom. The highest BCUT2D eigenvalue weighted by Crippen LogP contribution is 2.18. The highest BCUT2D eigenvalue weighted by molar-refractivity contribution is 6.30. The van der Waals surface area contributed by atoms with Gasteiger partial charge in [-0.15, -0.1) is 0 Å². The lowest BCUT2D eigenvalue weighted by Gasteiger charge is -2.11. The number of carbonyl (C=O) groups is 3. The molecule has 28 heavy (non-hydrogen) atoms. The second-order valence-electron chi connectivity index (χ2n) is 5.98. The Morgan fingerprint density at radius 2 is 1.75 bits per heavy atom. The Hall–Kier alpha value is -3.06. The van der Waals surface area contributed by atoms with Crippen LogP contribution in [-0.4, -0.2) is 37.5 Å². The zero-order valence-corrected chi connectivity index (χ0v) is 16.3. The van der Waals surface area contributed by atoms with E-state index in [-0.39, 0.29) is 19.1 Å². The summed E-state index contributed by atoms with van der Waals surface area (Å²) in [6.07, 6.45) is 0. The Balaban J connectivity index is 1.67. The van der Waals surface area contributed by atoms with Crippen LogP contribution in [0.2, 0.25) is 5.02 Å². The number of halogens is 1. The number of benzene rings is 2. The third-order valence-corrected chi connectivity index (χ3v) is 4.08. The first-order valence-corrected chi connectivity index (χ1v) is 8.89. The zero-order chi connectivity index (χ0) is 20.5. The fourth-order valence-electron chi connectivity index (χ4n) is 2.20. The van der Waals surface area contributed by atoms with E-state index in [1.807, 2.05) is 26.0 Å². The molecule has 0 radical (unpaired) electrons. The van der Waals surface area contributed by atoms with Crippen molar-refractivity contribution >= 4 is 35.1 Å². The first-order valence-electron chi connectivity index (χ1n) is 8.52. The number of amides is 2. The fraction of sp³-hybridized carbons (Fsp3) is 0.250. The summed E-state index contributed by atoms with van der Waals surface area (Å²) in [7, 11) is 0. The predicted molar refractivity (Wildman–Crippen MR) is 105 cm³/mol. The van der Waals surface area contributed by atoms with E-state index < -0.39 is 18.5 Å². The van der Waals surface area contributed by atoms with E-state index in [9.17, 15) is 14.4 Å². The molecule has 2 N–H and O–H groups in total. The fourth-order valence-corrected chi connectivity index (χ4v) is 2.38. The Labute approximate surface area is 168 Å². The maximum Gasteiger partial charge on any atom is 0.344 e. The number of anilines is 1. The van der Waals surface area contributed by atoms with Crippen molar-refractivity contribution in [2.75, 3.05) is 25.1 Å². The van der Waals surface area contributed by atoms with Gasteiger partial charge in [0, 0.05) is 10.7 Å². The van der Waals surface area contributed by atoms with Gasteiger partial charge in [0.2, 0.25) is 5.91 Å². The molecule has 0 fully saturated rings. The number of carbonyl (C=O) groups excluding carboxylic acids is 3. The summed E-state index contributed by atoms with van der Waals surface area (Å²) in [5, 5.41) is 5.59. The van der Waals surface area contributed by atoms with Gasteiger partial charge in [0.25, 0.3) is 5.91 Å². The number of ether oxygens (including phenoxy) is 2. The number of nitrogens with one attached hydrogen (secondary N) is 2. The van der Waals surface area contributed by atoms with Crippen molar-refractivity contribution < 1.29 is 23.9 Å². The van der Waals surface area contributed by atoms with E-state index in [4.69, 9.17) is 21.1 Å². The molecule has 0 aliphatic heterocycles. The molecule has 0 aliphatic rings. The van der Waals surface area contributed by atoms with Gasteiger partial charge in [-0.1, -0.05) is 29.8 Å². The highest BCUT2D eigenvalue weighted by atomic mass is 35.5. The molecule has 2 amide bonds. The van der Waals surface area contributed by atoms with Gasteiger partial charge in [-0.3, -0.25) is 9.59 Å². The normalized spacial score (nSPS) is 10.1. The number of hydrogen-bond acceptors (Lipinski definition) is 5. The molecular formula is C20H21ClN2O5. The Kier molecular flexibility index (Phi) is 7.83. The molecule has 0 aromatic heterocycles. The smallest absolute Gasteiger partial charge is 0.344 e. The Bertz CT molecular complexity index is 869. The van der Waals surface area contributed by atoms with Gasteiger partial charge in [0.1, 0.15) is 5.75 Å². The molecule has 0 saturated carbocycles. The first-order chi connectivity index (χ1) is 13.3. The maximum absolute atomic E-state index is 11.9. The summed E-state index contributed by atoms with van der Waals surface area (Å²) in [5.74, 6) is -1.27. The standard InChI is InChI=1S/C20H21ClN2O5/c1-13-5-3-8-17(14(13)2)23-18(24)10-22-19(25)11-28-20(26)12-27-16-7-4-6-15(21)9-16/h3-9H,10-12H2,1-2H3,(H,22,25)(H,23,24). The molecule has 2 aromatic carbocycles. The highest BCUT2D eigenvalue weighted by Gasteiger charge is 2.11. The summed E-state index contributed by atoms with van der Waals surface area (Å²) >= 11 is 5.81. The molecular weight excluding hydrogens is 384 g/mol. The molecule has 2 rings (SSSR count). The summed E-state index contributed by atoms with van der Waals surface area (Å²) < 4.78 is 10.0. The van der Waals surface area contributed by atoms with Crippen LogP contribution in [0.3, 0.4) is 0 Å². The number of aryl methyl sites for hydroxylation is 1. The van der Waals surface area contributed by atoms with E-state index in [0.717, 1.165) is 11.1 Å². The van der Waals surface area contributed by atoms with Crippen LogP contribution in [0.4, 0.5) is 5.69 Å². The van der Waals surface area contributed by atoms with E-state index in [1.54, 1.807) is 30.3 Å². The largest absolute Gasteiger partial charge is 0.482 e. The van der Waals surface area contributed by atoms with Crippen molar-refractivity contribution in [2.45, 2.75) is 13.8 Å². The third kappa shape index (κ3) is 6.92. The maximum atomic E-state index is 11.9. The van der Waals surface area contributed by atoms with Crippen LogP contribution in [0.1, 0.15) is 11.1 Å². The molecule has 0 saturated heterocycles. The minimum Gasteiger partial charge on any atom is -0.482 e. The van der Waals surface area contributed by atoms with E-state index >= 15 is 0 Å². The molecule has 0 spiro atoms. The van der Waals surface area contributed by atoms with Crippen LogP contribution < -0.4 is 15.4 Å². The van der Waals surface area contributed by atoms with Gasteiger partial charge in [0.15, 0.2) is 13.2 Å². The lowest BCUT2D eigenvalue weighted by Crippen LogP contribution is -2.36. The van der Waals surface area contributed by atoms with Crippen molar-refractivity contribution in [1.29, 1.82) is 0 Å². The summed E-state index contributed by atoms with van der Waals surface area (Å²) in [6.45, 7) is 2.74. The Morgan fingerprint density at radius 3 is 2.50 bits per heavy atom. The quantitative estimate of drug-likeness (QED) is 0.660. The predicted octanol–water partition coefficient (Wildman–Crippen LogP) is 2.63. The lowest BCUT2D eigenvalue weighted by molar-refractivity contribution is -0.150. The van der Waals surface area contributed by atoms with Crippen molar-refractivity contribution in [1.82, 2.24) is 5.32 Å². The molecule has 0 heterocycles. The molecule has 0 aliphatic carbocycles. The van der Waals surface area contributed by atoms with Crippen LogP contribution in [0, 0.1) is 13.8 Å². The van der Waals surface area contributed by atoms with E-state index in [0.29, 0.717) is 16.5 Å². The first kappa shape index (κ1) is 21.2. The third-order valence-electron chi connectivity index (χ3n) is 3.84. The lowest BCUT2D eigenvalue weighted by atomic mass is 10.1. The molecule has 8 heteroatoms. The van der Waals surface area contributed by atoms with Crippen molar-refractivity contribution in [3.05, 3.63) is 58.6 Å². The molecule has 0 atom stereocenters. The zero-order valence-electron chi connectivity index (χ0n) is 15.6. The second kappa shape index (κ2) is 10.3. The van der Waals surface area contributed by atoms with Gasteiger partial charge in [0.05, 0.1) is 6.54 Å². The number of hydrogen-bond donors (Lipinski definition) is 2. The van der Waals surface area contributed by atoms with Crippen molar-refractivity contribution in [2.24, 2.45) is 0 Å². The van der Waals surface area contributed by atoms with E-state index in [2.05, 4.69) is 10.6 Å². The average molecular weight is 405 g/mol. The molecule has 7 nitrogen and oxygen atoms in total. The van der Waals surface area contributed by atoms with Crippen LogP contribution in [0.15, 0.2) is 42.5 Å². The van der Waals surface area contributed by atoms with Gasteiger partial charge >= 0.3 is 5.97 Å². The number of esters is 1. The second-order valence-corrected chi connectivity index (χ2v) is 6.42. The van der Waals surface area contributed by atoms with Gasteiger partial charge in [-0.2, -0.15) is 0 Å².